The number of amides is 2. The molecule has 0 saturated heterocycles. The van der Waals surface area contributed by atoms with E-state index in [9.17, 15) is 14.0 Å². The van der Waals surface area contributed by atoms with E-state index in [1.165, 1.54) is 36.0 Å². The van der Waals surface area contributed by atoms with Crippen molar-refractivity contribution in [1.29, 1.82) is 0 Å². The third-order valence-corrected chi connectivity index (χ3v) is 5.84. The first-order chi connectivity index (χ1) is 16.5. The minimum absolute atomic E-state index is 0.0371. The second-order valence-corrected chi connectivity index (χ2v) is 8.48. The topological polar surface area (TPSA) is 88.9 Å². The summed E-state index contributed by atoms with van der Waals surface area (Å²) in [6, 6.07) is 22.2. The summed E-state index contributed by atoms with van der Waals surface area (Å²) in [5, 5.41) is 14.9. The van der Waals surface area contributed by atoms with Crippen LogP contribution in [0.25, 0.3) is 17.1 Å². The van der Waals surface area contributed by atoms with Gasteiger partial charge >= 0.3 is 0 Å². The predicted molar refractivity (Wildman–Crippen MR) is 131 cm³/mol. The summed E-state index contributed by atoms with van der Waals surface area (Å²) in [4.78, 5) is 24.4. The van der Waals surface area contributed by atoms with Crippen molar-refractivity contribution in [3.05, 3.63) is 89.7 Å². The number of rotatable bonds is 8. The molecular weight excluding hydrogens is 477 g/mol. The lowest BCUT2D eigenvalue weighted by Gasteiger charge is -2.10. The largest absolute Gasteiger partial charge is 0.346 e. The number of anilines is 1. The molecular formula is C24H19ClFN5O2S. The summed E-state index contributed by atoms with van der Waals surface area (Å²) in [5.74, 6) is -0.497. The van der Waals surface area contributed by atoms with Crippen molar-refractivity contribution in [2.45, 2.75) is 5.16 Å². The van der Waals surface area contributed by atoms with E-state index in [1.54, 1.807) is 12.1 Å². The number of hydrogen-bond donors (Lipinski definition) is 2. The van der Waals surface area contributed by atoms with Gasteiger partial charge in [-0.25, -0.2) is 4.39 Å². The lowest BCUT2D eigenvalue weighted by Crippen LogP contribution is -2.33. The van der Waals surface area contributed by atoms with Crippen LogP contribution in [0.5, 0.6) is 0 Å². The molecule has 0 atom stereocenters. The van der Waals surface area contributed by atoms with Gasteiger partial charge in [-0.05, 0) is 60.7 Å². The average molecular weight is 496 g/mol. The maximum atomic E-state index is 13.0. The molecule has 3 aromatic carbocycles. The number of para-hydroxylation sites is 1. The predicted octanol–water partition coefficient (Wildman–Crippen LogP) is 4.57. The van der Waals surface area contributed by atoms with Gasteiger partial charge in [-0.15, -0.1) is 10.2 Å². The molecule has 0 aliphatic rings. The van der Waals surface area contributed by atoms with Crippen LogP contribution < -0.4 is 10.6 Å². The zero-order valence-corrected chi connectivity index (χ0v) is 19.3. The zero-order chi connectivity index (χ0) is 23.9. The minimum Gasteiger partial charge on any atom is -0.346 e. The fourth-order valence-electron chi connectivity index (χ4n) is 3.06. The van der Waals surface area contributed by atoms with Gasteiger partial charge < -0.3 is 10.6 Å². The highest BCUT2D eigenvalue weighted by Gasteiger charge is 2.17. The molecule has 0 radical (unpaired) electrons. The van der Waals surface area contributed by atoms with E-state index in [4.69, 9.17) is 11.6 Å². The Morgan fingerprint density at radius 2 is 1.62 bits per heavy atom. The molecule has 1 heterocycles. The van der Waals surface area contributed by atoms with Gasteiger partial charge in [0, 0.05) is 22.0 Å². The van der Waals surface area contributed by atoms with Gasteiger partial charge in [0.15, 0.2) is 11.0 Å². The molecule has 10 heteroatoms. The SMILES string of the molecule is O=C(CSc1nnc(-c2ccc(Cl)cc2)n1-c1ccccc1)NCC(=O)Nc1ccc(F)cc1. The molecule has 4 aromatic rings. The molecule has 0 saturated carbocycles. The lowest BCUT2D eigenvalue weighted by atomic mass is 10.2. The van der Waals surface area contributed by atoms with Gasteiger partial charge in [0.2, 0.25) is 11.8 Å². The number of aromatic nitrogens is 3. The Hall–Kier alpha value is -3.69. The number of hydrogen-bond acceptors (Lipinski definition) is 5. The van der Waals surface area contributed by atoms with Crippen molar-refractivity contribution in [3.8, 4) is 17.1 Å². The first kappa shape index (κ1) is 23.5. The Morgan fingerprint density at radius 3 is 2.32 bits per heavy atom. The van der Waals surface area contributed by atoms with Gasteiger partial charge in [-0.2, -0.15) is 0 Å². The molecule has 34 heavy (non-hydrogen) atoms. The number of carbonyl (C=O) groups excluding carboxylic acids is 2. The Kier molecular flexibility index (Phi) is 7.56. The van der Waals surface area contributed by atoms with Crippen molar-refractivity contribution in [3.63, 3.8) is 0 Å². The van der Waals surface area contributed by atoms with Crippen molar-refractivity contribution < 1.29 is 14.0 Å². The minimum atomic E-state index is -0.414. The summed E-state index contributed by atoms with van der Waals surface area (Å²) < 4.78 is 14.8. The summed E-state index contributed by atoms with van der Waals surface area (Å²) in [6.45, 7) is -0.210. The number of halogens is 2. The van der Waals surface area contributed by atoms with Crippen LogP contribution in [0.3, 0.4) is 0 Å². The Balaban J connectivity index is 1.41. The van der Waals surface area contributed by atoms with Gasteiger partial charge in [-0.1, -0.05) is 41.6 Å². The van der Waals surface area contributed by atoms with Gasteiger partial charge in [-0.3, -0.25) is 14.2 Å². The van der Waals surface area contributed by atoms with E-state index < -0.39 is 11.7 Å². The molecule has 1 aromatic heterocycles. The molecule has 2 amide bonds. The Bertz CT molecular complexity index is 1280. The van der Waals surface area contributed by atoms with Crippen LogP contribution >= 0.6 is 23.4 Å². The molecule has 0 bridgehead atoms. The first-order valence-electron chi connectivity index (χ1n) is 10.2. The van der Waals surface area contributed by atoms with Crippen molar-refractivity contribution >= 4 is 40.9 Å². The fourth-order valence-corrected chi connectivity index (χ4v) is 3.97. The van der Waals surface area contributed by atoms with E-state index in [2.05, 4.69) is 20.8 Å². The van der Waals surface area contributed by atoms with Crippen LogP contribution in [-0.4, -0.2) is 38.9 Å². The van der Waals surface area contributed by atoms with Crippen LogP contribution in [0.15, 0.2) is 84.0 Å². The third kappa shape index (κ3) is 6.00. The highest BCUT2D eigenvalue weighted by Crippen LogP contribution is 2.28. The molecule has 0 spiro atoms. The molecule has 2 N–H and O–H groups in total. The van der Waals surface area contributed by atoms with E-state index in [0.29, 0.717) is 21.7 Å². The number of nitrogens with zero attached hydrogens (tertiary/aromatic N) is 3. The van der Waals surface area contributed by atoms with Crippen LogP contribution in [0.1, 0.15) is 0 Å². The van der Waals surface area contributed by atoms with Crippen LogP contribution in [0, 0.1) is 5.82 Å². The number of thioether (sulfide) groups is 1. The zero-order valence-electron chi connectivity index (χ0n) is 17.7. The number of benzene rings is 3. The van der Waals surface area contributed by atoms with Crippen LogP contribution in [0.2, 0.25) is 5.02 Å². The molecule has 4 rings (SSSR count). The molecule has 0 unspecified atom stereocenters. The van der Waals surface area contributed by atoms with Crippen LogP contribution in [-0.2, 0) is 9.59 Å². The normalized spacial score (nSPS) is 10.6. The fraction of sp³-hybridized carbons (Fsp3) is 0.0833. The van der Waals surface area contributed by atoms with Gasteiger partial charge in [0.25, 0.3) is 0 Å². The monoisotopic (exact) mass is 495 g/mol. The summed E-state index contributed by atoms with van der Waals surface area (Å²) in [6.07, 6.45) is 0. The molecule has 172 valence electrons. The maximum absolute atomic E-state index is 13.0. The van der Waals surface area contributed by atoms with Gasteiger partial charge in [0.1, 0.15) is 5.82 Å². The van der Waals surface area contributed by atoms with E-state index in [0.717, 1.165) is 11.3 Å². The molecule has 0 fully saturated rings. The van der Waals surface area contributed by atoms with Gasteiger partial charge in [0.05, 0.1) is 12.3 Å². The standard InChI is InChI=1S/C24H19ClFN5O2S/c25-17-8-6-16(7-9-17)23-29-30-24(31(23)20-4-2-1-3-5-20)34-15-22(33)27-14-21(32)28-19-12-10-18(26)11-13-19/h1-13H,14-15H2,(H,27,33)(H,28,32). The maximum Gasteiger partial charge on any atom is 0.243 e. The van der Waals surface area contributed by atoms with E-state index >= 15 is 0 Å². The van der Waals surface area contributed by atoms with Crippen LogP contribution in [0.4, 0.5) is 10.1 Å². The summed E-state index contributed by atoms with van der Waals surface area (Å²) in [5.41, 5.74) is 2.12. The second kappa shape index (κ2) is 11.0. The average Bonchev–Trinajstić information content (AvgIpc) is 3.28. The highest BCUT2D eigenvalue weighted by molar-refractivity contribution is 7.99. The summed E-state index contributed by atoms with van der Waals surface area (Å²) >= 11 is 7.22. The van der Waals surface area contributed by atoms with E-state index in [-0.39, 0.29) is 18.2 Å². The quantitative estimate of drug-likeness (QED) is 0.349. The van der Waals surface area contributed by atoms with Crippen molar-refractivity contribution in [1.82, 2.24) is 20.1 Å². The number of carbonyl (C=O) groups is 2. The van der Waals surface area contributed by atoms with Crippen molar-refractivity contribution in [2.24, 2.45) is 0 Å². The molecule has 0 aliphatic carbocycles. The van der Waals surface area contributed by atoms with Crippen molar-refractivity contribution in [2.75, 3.05) is 17.6 Å². The smallest absolute Gasteiger partial charge is 0.243 e. The summed E-state index contributed by atoms with van der Waals surface area (Å²) in [7, 11) is 0. The third-order valence-electron chi connectivity index (χ3n) is 4.66. The Labute approximate surface area is 204 Å². The highest BCUT2D eigenvalue weighted by atomic mass is 35.5. The second-order valence-electron chi connectivity index (χ2n) is 7.10. The number of nitrogens with one attached hydrogen (secondary N) is 2. The molecule has 7 nitrogen and oxygen atoms in total. The Morgan fingerprint density at radius 1 is 0.912 bits per heavy atom. The molecule has 0 aliphatic heterocycles. The lowest BCUT2D eigenvalue weighted by molar-refractivity contribution is -0.122. The van der Waals surface area contributed by atoms with E-state index in [1.807, 2.05) is 47.0 Å². The first-order valence-corrected chi connectivity index (χ1v) is 11.6.